The van der Waals surface area contributed by atoms with Crippen molar-refractivity contribution in [1.29, 1.82) is 0 Å². The van der Waals surface area contributed by atoms with Crippen LogP contribution in [0.3, 0.4) is 0 Å². The highest BCUT2D eigenvalue weighted by atomic mass is 16.7. The number of aliphatic imine (C=N–C) groups is 1. The first-order chi connectivity index (χ1) is 20.3. The number of carbonyl (C=O) groups excluding carboxylic acids is 1. The molecule has 1 aromatic heterocycles. The topological polar surface area (TPSA) is 85.3 Å². The number of nitrogens with zero attached hydrogens (tertiary/aromatic N) is 3. The van der Waals surface area contributed by atoms with Crippen LogP contribution in [0.4, 0.5) is 10.5 Å². The summed E-state index contributed by atoms with van der Waals surface area (Å²) >= 11 is 0. The van der Waals surface area contributed by atoms with E-state index in [1.165, 1.54) is 0 Å². The van der Waals surface area contributed by atoms with Gasteiger partial charge in [0.2, 0.25) is 12.2 Å². The Hall–Kier alpha value is -4.11. The van der Waals surface area contributed by atoms with Crippen molar-refractivity contribution >= 4 is 28.4 Å². The van der Waals surface area contributed by atoms with Crippen molar-refractivity contribution < 1.29 is 19.0 Å². The average molecular weight is 565 g/mol. The van der Waals surface area contributed by atoms with Gasteiger partial charge in [0, 0.05) is 42.3 Å². The van der Waals surface area contributed by atoms with Crippen LogP contribution in [-0.4, -0.2) is 54.7 Å². The van der Waals surface area contributed by atoms with Crippen LogP contribution in [0.25, 0.3) is 21.9 Å². The van der Waals surface area contributed by atoms with Crippen molar-refractivity contribution in [2.24, 2.45) is 4.99 Å². The Morgan fingerprint density at radius 1 is 0.976 bits per heavy atom. The predicted molar refractivity (Wildman–Crippen MR) is 165 cm³/mol. The number of rotatable bonds is 5. The molecule has 42 heavy (non-hydrogen) atoms. The summed E-state index contributed by atoms with van der Waals surface area (Å²) in [5.41, 5.74) is 5.79. The van der Waals surface area contributed by atoms with Gasteiger partial charge in [-0.2, -0.15) is 4.99 Å². The molecule has 1 atom stereocenters. The van der Waals surface area contributed by atoms with E-state index in [4.69, 9.17) is 19.2 Å². The molecule has 3 aromatic carbocycles. The molecule has 0 radical (unpaired) electrons. The molecule has 3 heterocycles. The molecule has 0 aliphatic carbocycles. The lowest BCUT2D eigenvalue weighted by Crippen LogP contribution is -2.35. The molecule has 2 fully saturated rings. The van der Waals surface area contributed by atoms with E-state index in [9.17, 15) is 4.79 Å². The van der Waals surface area contributed by atoms with Crippen LogP contribution in [0.15, 0.2) is 84.0 Å². The van der Waals surface area contributed by atoms with E-state index in [0.29, 0.717) is 5.69 Å². The summed E-state index contributed by atoms with van der Waals surface area (Å²) < 4.78 is 17.3. The molecular weight excluding hydrogens is 528 g/mol. The molecule has 0 spiro atoms. The fourth-order valence-corrected chi connectivity index (χ4v) is 5.52. The second-order valence-corrected chi connectivity index (χ2v) is 11.7. The number of hydrogen-bond acceptors (Lipinski definition) is 6. The first-order valence-corrected chi connectivity index (χ1v) is 14.4. The van der Waals surface area contributed by atoms with Crippen LogP contribution >= 0.6 is 0 Å². The zero-order valence-electron chi connectivity index (χ0n) is 24.3. The Balaban J connectivity index is 1.17. The largest absolute Gasteiger partial charge is 0.445 e. The molecule has 2 aliphatic rings. The molecule has 1 unspecified atom stereocenters. The van der Waals surface area contributed by atoms with Gasteiger partial charge in [-0.15, -0.1) is 0 Å². The summed E-state index contributed by atoms with van der Waals surface area (Å²) in [5.74, 6) is 0.255. The Labute approximate surface area is 246 Å². The maximum Gasteiger partial charge on any atom is 0.348 e. The van der Waals surface area contributed by atoms with Crippen LogP contribution in [0.1, 0.15) is 43.9 Å². The minimum absolute atomic E-state index is 0.0746. The lowest BCUT2D eigenvalue weighted by molar-refractivity contribution is -0.0256. The van der Waals surface area contributed by atoms with Crippen LogP contribution in [0.2, 0.25) is 0 Å². The van der Waals surface area contributed by atoms with Crippen LogP contribution < -0.4 is 5.32 Å². The van der Waals surface area contributed by atoms with Gasteiger partial charge >= 0.3 is 6.03 Å². The molecule has 8 heteroatoms. The van der Waals surface area contributed by atoms with Crippen molar-refractivity contribution in [2.75, 3.05) is 38.2 Å². The number of aromatic nitrogens is 1. The van der Waals surface area contributed by atoms with E-state index >= 15 is 0 Å². The zero-order chi connectivity index (χ0) is 29.1. The van der Waals surface area contributed by atoms with Crippen molar-refractivity contribution in [2.45, 2.75) is 39.0 Å². The Bertz CT molecular complexity index is 1600. The lowest BCUT2D eigenvalue weighted by Gasteiger charge is -2.26. The molecule has 8 nitrogen and oxygen atoms in total. The summed E-state index contributed by atoms with van der Waals surface area (Å²) in [4.78, 5) is 24.3. The van der Waals surface area contributed by atoms with Crippen molar-refractivity contribution in [1.82, 2.24) is 9.88 Å². The summed E-state index contributed by atoms with van der Waals surface area (Å²) in [6, 6.07) is 23.7. The quantitative estimate of drug-likeness (QED) is 0.290. The standard InChI is InChI=1S/C34H36N4O4/c1-34(2,3)29-11-7-6-10-28(29)32-41-22-31(42-32)37-33(39)36-30-15-14-25(26-8-4-5-9-27(26)30)23-12-13-24(35-20-23)21-38-16-18-40-19-17-38/h4-15,20,32H,16-19,21-22H2,1-3H3,(H,36,39). The minimum atomic E-state index is -0.596. The first-order valence-electron chi connectivity index (χ1n) is 14.4. The summed E-state index contributed by atoms with van der Waals surface area (Å²) in [5, 5.41) is 4.88. The number of fused-ring (bicyclic) bond motifs is 1. The first kappa shape index (κ1) is 28.0. The fourth-order valence-electron chi connectivity index (χ4n) is 5.52. The van der Waals surface area contributed by atoms with Crippen molar-refractivity contribution in [3.05, 3.63) is 95.8 Å². The molecule has 216 valence electrons. The van der Waals surface area contributed by atoms with Gasteiger partial charge < -0.3 is 19.5 Å². The van der Waals surface area contributed by atoms with Gasteiger partial charge in [0.1, 0.15) is 6.61 Å². The number of benzene rings is 3. The lowest BCUT2D eigenvalue weighted by atomic mass is 9.83. The number of carbonyl (C=O) groups is 1. The third kappa shape index (κ3) is 6.21. The van der Waals surface area contributed by atoms with Gasteiger partial charge in [0.15, 0.2) is 0 Å². The minimum Gasteiger partial charge on any atom is -0.445 e. The highest BCUT2D eigenvalue weighted by molar-refractivity contribution is 6.08. The van der Waals surface area contributed by atoms with Gasteiger partial charge in [-0.3, -0.25) is 9.88 Å². The number of hydrogen-bond donors (Lipinski definition) is 1. The number of morpholine rings is 1. The van der Waals surface area contributed by atoms with E-state index in [1.807, 2.05) is 54.7 Å². The van der Waals surface area contributed by atoms with Gasteiger partial charge in [0.25, 0.3) is 0 Å². The molecule has 0 bridgehead atoms. The number of anilines is 1. The van der Waals surface area contributed by atoms with E-state index in [2.05, 4.69) is 60.2 Å². The molecule has 2 saturated heterocycles. The number of pyridine rings is 1. The molecule has 0 saturated carbocycles. The van der Waals surface area contributed by atoms with Crippen molar-refractivity contribution in [3.63, 3.8) is 0 Å². The summed E-state index contributed by atoms with van der Waals surface area (Å²) in [6.07, 6.45) is 1.33. The number of ether oxygens (including phenoxy) is 3. The predicted octanol–water partition coefficient (Wildman–Crippen LogP) is 6.71. The maximum atomic E-state index is 13.0. The van der Waals surface area contributed by atoms with E-state index in [-0.39, 0.29) is 17.9 Å². The molecular formula is C34H36N4O4. The summed E-state index contributed by atoms with van der Waals surface area (Å²) in [7, 11) is 0. The van der Waals surface area contributed by atoms with Gasteiger partial charge in [0.05, 0.1) is 24.6 Å². The van der Waals surface area contributed by atoms with E-state index in [0.717, 1.165) is 71.6 Å². The number of urea groups is 1. The third-order valence-corrected chi connectivity index (χ3v) is 7.64. The van der Waals surface area contributed by atoms with Crippen LogP contribution in [-0.2, 0) is 26.2 Å². The maximum absolute atomic E-state index is 13.0. The Morgan fingerprint density at radius 3 is 2.50 bits per heavy atom. The molecule has 2 aliphatic heterocycles. The Morgan fingerprint density at radius 2 is 1.74 bits per heavy atom. The fraction of sp³-hybridized carbons (Fsp3) is 0.324. The third-order valence-electron chi connectivity index (χ3n) is 7.64. The second-order valence-electron chi connectivity index (χ2n) is 11.7. The average Bonchev–Trinajstić information content (AvgIpc) is 3.46. The Kier molecular flexibility index (Phi) is 8.02. The SMILES string of the molecule is CC(C)(C)c1ccccc1C1OCC(=NC(=O)Nc2ccc(-c3ccc(CN4CCOCC4)nc3)c3ccccc23)O1. The van der Waals surface area contributed by atoms with E-state index < -0.39 is 12.3 Å². The van der Waals surface area contributed by atoms with Gasteiger partial charge in [-0.1, -0.05) is 81.4 Å². The molecule has 1 N–H and O–H groups in total. The highest BCUT2D eigenvalue weighted by Crippen LogP contribution is 2.35. The summed E-state index contributed by atoms with van der Waals surface area (Å²) in [6.45, 7) is 10.8. The zero-order valence-corrected chi connectivity index (χ0v) is 24.3. The number of nitrogens with one attached hydrogen (secondary N) is 1. The van der Waals surface area contributed by atoms with Gasteiger partial charge in [-0.25, -0.2) is 4.79 Å². The normalized spacial score (nSPS) is 18.7. The second kappa shape index (κ2) is 12.0. The molecule has 6 rings (SSSR count). The smallest absolute Gasteiger partial charge is 0.348 e. The van der Waals surface area contributed by atoms with E-state index in [1.54, 1.807) is 0 Å². The van der Waals surface area contributed by atoms with Crippen LogP contribution in [0.5, 0.6) is 0 Å². The molecule has 4 aromatic rings. The highest BCUT2D eigenvalue weighted by Gasteiger charge is 2.30. The van der Waals surface area contributed by atoms with Gasteiger partial charge in [-0.05, 0) is 34.1 Å². The molecule has 2 amide bonds. The van der Waals surface area contributed by atoms with Crippen LogP contribution in [0, 0.1) is 0 Å². The monoisotopic (exact) mass is 564 g/mol. The van der Waals surface area contributed by atoms with Crippen molar-refractivity contribution in [3.8, 4) is 11.1 Å². The number of amides is 2.